The van der Waals surface area contributed by atoms with E-state index < -0.39 is 0 Å². The molecule has 0 aliphatic carbocycles. The van der Waals surface area contributed by atoms with E-state index in [4.69, 9.17) is 0 Å². The fraction of sp³-hybridized carbons (Fsp3) is 1.00. The van der Waals surface area contributed by atoms with Crippen molar-refractivity contribution in [2.24, 2.45) is 0 Å². The Bertz CT molecular complexity index is 178. The van der Waals surface area contributed by atoms with Crippen LogP contribution in [0, 0.1) is 0 Å². The summed E-state index contributed by atoms with van der Waals surface area (Å²) in [6.07, 6.45) is 14.7. The lowest BCUT2D eigenvalue weighted by molar-refractivity contribution is 0.114. The Morgan fingerprint density at radius 2 is 1.87 bits per heavy atom. The van der Waals surface area contributed by atoms with Crippen molar-refractivity contribution in [2.75, 3.05) is 6.54 Å². The van der Waals surface area contributed by atoms with Gasteiger partial charge in [-0.1, -0.05) is 39.0 Å². The van der Waals surface area contributed by atoms with Gasteiger partial charge < -0.3 is 0 Å². The lowest BCUT2D eigenvalue weighted by Gasteiger charge is -2.37. The van der Waals surface area contributed by atoms with E-state index in [0.717, 1.165) is 12.1 Å². The van der Waals surface area contributed by atoms with Crippen molar-refractivity contribution in [1.29, 1.82) is 0 Å². The smallest absolute Gasteiger partial charge is 0.00986 e. The van der Waals surface area contributed by atoms with Crippen LogP contribution in [-0.4, -0.2) is 23.5 Å². The third-order valence-electron chi connectivity index (χ3n) is 4.36. The van der Waals surface area contributed by atoms with Crippen molar-refractivity contribution in [3.63, 3.8) is 0 Å². The van der Waals surface area contributed by atoms with Gasteiger partial charge in [0.05, 0.1) is 0 Å². The van der Waals surface area contributed by atoms with Gasteiger partial charge in [-0.2, -0.15) is 0 Å². The highest BCUT2D eigenvalue weighted by atomic mass is 15.2. The number of rotatable bonds is 5. The van der Waals surface area contributed by atoms with E-state index in [9.17, 15) is 0 Å². The first-order valence-corrected chi connectivity index (χ1v) is 7.17. The van der Waals surface area contributed by atoms with E-state index in [0.29, 0.717) is 0 Å². The molecule has 0 aromatic carbocycles. The highest BCUT2D eigenvalue weighted by molar-refractivity contribution is 4.88. The Balaban J connectivity index is 1.71. The molecule has 0 saturated carbocycles. The summed E-state index contributed by atoms with van der Waals surface area (Å²) >= 11 is 0. The van der Waals surface area contributed by atoms with Gasteiger partial charge in [-0.3, -0.25) is 4.90 Å². The molecular formula is C14H27N. The maximum Gasteiger partial charge on any atom is 0.00986 e. The molecule has 1 heteroatoms. The molecule has 0 spiro atoms. The van der Waals surface area contributed by atoms with E-state index >= 15 is 0 Å². The minimum atomic E-state index is 0.961. The van der Waals surface area contributed by atoms with E-state index in [2.05, 4.69) is 11.8 Å². The van der Waals surface area contributed by atoms with Crippen LogP contribution in [0.4, 0.5) is 0 Å². The SMILES string of the molecule is CCCCCC[C@@H]1CCC[C@@H]2CCCN12. The van der Waals surface area contributed by atoms with Crippen LogP contribution in [0.5, 0.6) is 0 Å². The van der Waals surface area contributed by atoms with Crippen molar-refractivity contribution in [1.82, 2.24) is 4.90 Å². The molecule has 0 amide bonds. The Labute approximate surface area is 95.2 Å². The molecule has 15 heavy (non-hydrogen) atoms. The van der Waals surface area contributed by atoms with Gasteiger partial charge >= 0.3 is 0 Å². The molecule has 0 bridgehead atoms. The zero-order valence-corrected chi connectivity index (χ0v) is 10.4. The number of nitrogens with zero attached hydrogens (tertiary/aromatic N) is 1. The van der Waals surface area contributed by atoms with Gasteiger partial charge in [0.15, 0.2) is 0 Å². The molecule has 0 aromatic heterocycles. The fourth-order valence-electron chi connectivity index (χ4n) is 3.52. The van der Waals surface area contributed by atoms with Crippen LogP contribution < -0.4 is 0 Å². The van der Waals surface area contributed by atoms with Crippen LogP contribution in [0.15, 0.2) is 0 Å². The second kappa shape index (κ2) is 5.89. The molecule has 2 rings (SSSR count). The lowest BCUT2D eigenvalue weighted by Crippen LogP contribution is -2.42. The van der Waals surface area contributed by atoms with E-state index in [-0.39, 0.29) is 0 Å². The summed E-state index contributed by atoms with van der Waals surface area (Å²) in [5, 5.41) is 0. The number of unbranched alkanes of at least 4 members (excludes halogenated alkanes) is 3. The maximum atomic E-state index is 2.84. The van der Waals surface area contributed by atoms with E-state index in [1.165, 1.54) is 70.8 Å². The third kappa shape index (κ3) is 2.96. The zero-order valence-electron chi connectivity index (χ0n) is 10.4. The lowest BCUT2D eigenvalue weighted by atomic mass is 9.93. The topological polar surface area (TPSA) is 3.24 Å². The quantitative estimate of drug-likeness (QED) is 0.619. The number of hydrogen-bond acceptors (Lipinski definition) is 1. The summed E-state index contributed by atoms with van der Waals surface area (Å²) in [5.74, 6) is 0. The molecule has 2 fully saturated rings. The average molecular weight is 209 g/mol. The Hall–Kier alpha value is -0.0400. The van der Waals surface area contributed by atoms with Crippen LogP contribution in [0.1, 0.15) is 71.1 Å². The maximum absolute atomic E-state index is 2.84. The largest absolute Gasteiger partial charge is 0.297 e. The van der Waals surface area contributed by atoms with Crippen LogP contribution in [0.2, 0.25) is 0 Å². The third-order valence-corrected chi connectivity index (χ3v) is 4.36. The normalized spacial score (nSPS) is 31.8. The highest BCUT2D eigenvalue weighted by Gasteiger charge is 2.32. The molecule has 2 atom stereocenters. The fourth-order valence-corrected chi connectivity index (χ4v) is 3.52. The van der Waals surface area contributed by atoms with E-state index in [1.54, 1.807) is 0 Å². The Kier molecular flexibility index (Phi) is 4.49. The van der Waals surface area contributed by atoms with Gasteiger partial charge in [-0.05, 0) is 38.6 Å². The highest BCUT2D eigenvalue weighted by Crippen LogP contribution is 2.32. The van der Waals surface area contributed by atoms with Crippen LogP contribution in [0.25, 0.3) is 0 Å². The molecule has 2 aliphatic heterocycles. The van der Waals surface area contributed by atoms with Crippen molar-refractivity contribution < 1.29 is 0 Å². The van der Waals surface area contributed by atoms with Crippen LogP contribution in [-0.2, 0) is 0 Å². The minimum Gasteiger partial charge on any atom is -0.297 e. The van der Waals surface area contributed by atoms with Gasteiger partial charge in [0.25, 0.3) is 0 Å². The van der Waals surface area contributed by atoms with Gasteiger partial charge in [0.1, 0.15) is 0 Å². The Morgan fingerprint density at radius 3 is 2.73 bits per heavy atom. The summed E-state index contributed by atoms with van der Waals surface area (Å²) in [5.41, 5.74) is 0. The predicted molar refractivity (Wildman–Crippen MR) is 66.1 cm³/mol. The van der Waals surface area contributed by atoms with Crippen LogP contribution in [0.3, 0.4) is 0 Å². The summed E-state index contributed by atoms with van der Waals surface area (Å²) in [7, 11) is 0. The van der Waals surface area contributed by atoms with E-state index in [1.807, 2.05) is 0 Å². The van der Waals surface area contributed by atoms with Crippen LogP contribution >= 0.6 is 0 Å². The second-order valence-corrected chi connectivity index (χ2v) is 5.47. The van der Waals surface area contributed by atoms with Gasteiger partial charge in [0.2, 0.25) is 0 Å². The average Bonchev–Trinajstić information content (AvgIpc) is 2.73. The van der Waals surface area contributed by atoms with Crippen molar-refractivity contribution in [3.8, 4) is 0 Å². The summed E-state index contributed by atoms with van der Waals surface area (Å²) in [4.78, 5) is 2.84. The molecule has 88 valence electrons. The monoisotopic (exact) mass is 209 g/mol. The second-order valence-electron chi connectivity index (χ2n) is 5.47. The van der Waals surface area contributed by atoms with Gasteiger partial charge in [0, 0.05) is 12.1 Å². The number of hydrogen-bond donors (Lipinski definition) is 0. The Morgan fingerprint density at radius 1 is 1.00 bits per heavy atom. The number of fused-ring (bicyclic) bond motifs is 1. The standard InChI is InChI=1S/C14H27N/c1-2-3-4-5-8-13-9-6-10-14-11-7-12-15(13)14/h13-14H,2-12H2,1H3/t13-,14-/m1/s1. The summed E-state index contributed by atoms with van der Waals surface area (Å²) in [6.45, 7) is 3.71. The first-order valence-electron chi connectivity index (χ1n) is 7.17. The molecule has 2 aliphatic rings. The molecule has 2 heterocycles. The van der Waals surface area contributed by atoms with Gasteiger partial charge in [-0.25, -0.2) is 0 Å². The molecular weight excluding hydrogens is 182 g/mol. The molecule has 0 unspecified atom stereocenters. The zero-order chi connectivity index (χ0) is 10.5. The minimum absolute atomic E-state index is 0.961. The summed E-state index contributed by atoms with van der Waals surface area (Å²) in [6, 6.07) is 1.94. The molecule has 1 nitrogen and oxygen atoms in total. The van der Waals surface area contributed by atoms with Crippen molar-refractivity contribution in [2.45, 2.75) is 83.2 Å². The number of piperidine rings is 1. The van der Waals surface area contributed by atoms with Crippen molar-refractivity contribution >= 4 is 0 Å². The van der Waals surface area contributed by atoms with Crippen molar-refractivity contribution in [3.05, 3.63) is 0 Å². The first-order chi connectivity index (χ1) is 7.42. The predicted octanol–water partition coefficient (Wildman–Crippen LogP) is 3.97. The molecule has 2 saturated heterocycles. The summed E-state index contributed by atoms with van der Waals surface area (Å²) < 4.78 is 0. The molecule has 0 radical (unpaired) electrons. The first kappa shape index (κ1) is 11.4. The molecule has 0 aromatic rings. The van der Waals surface area contributed by atoms with Gasteiger partial charge in [-0.15, -0.1) is 0 Å². The molecule has 0 N–H and O–H groups in total.